The first-order chi connectivity index (χ1) is 6.49. The molecule has 14 heavy (non-hydrogen) atoms. The van der Waals surface area contributed by atoms with Crippen LogP contribution in [0.25, 0.3) is 0 Å². The summed E-state index contributed by atoms with van der Waals surface area (Å²) < 4.78 is 5.05. The minimum Gasteiger partial charge on any atom is -0.370 e. The molecule has 1 heterocycles. The first-order valence-corrected chi connectivity index (χ1v) is 5.09. The Kier molecular flexibility index (Phi) is 3.89. The smallest absolute Gasteiger partial charge is 0.248 e. The van der Waals surface area contributed by atoms with Gasteiger partial charge in [0.05, 0.1) is 6.61 Å². The number of ether oxygens (including phenoxy) is 1. The van der Waals surface area contributed by atoms with Crippen molar-refractivity contribution >= 4 is 5.91 Å². The monoisotopic (exact) mass is 200 g/mol. The molecule has 0 bridgehead atoms. The lowest BCUT2D eigenvalue weighted by atomic mass is 10.1. The molecular formula is C10H20N2O2. The molecule has 0 radical (unpaired) electrons. The molecule has 0 aliphatic carbocycles. The van der Waals surface area contributed by atoms with Crippen LogP contribution >= 0.6 is 0 Å². The van der Waals surface area contributed by atoms with E-state index in [-0.39, 0.29) is 18.1 Å². The van der Waals surface area contributed by atoms with Crippen molar-refractivity contribution in [3.05, 3.63) is 0 Å². The van der Waals surface area contributed by atoms with E-state index in [2.05, 4.69) is 26.1 Å². The van der Waals surface area contributed by atoms with Gasteiger partial charge in [-0.3, -0.25) is 4.79 Å². The molecule has 0 spiro atoms. The van der Waals surface area contributed by atoms with Crippen LogP contribution < -0.4 is 5.32 Å². The van der Waals surface area contributed by atoms with E-state index in [1.165, 1.54) is 0 Å². The van der Waals surface area contributed by atoms with Crippen LogP contribution in [-0.2, 0) is 9.53 Å². The van der Waals surface area contributed by atoms with Crippen molar-refractivity contribution in [3.63, 3.8) is 0 Å². The summed E-state index contributed by atoms with van der Waals surface area (Å²) in [5, 5.41) is 3.36. The van der Waals surface area contributed by atoms with Gasteiger partial charge in [-0.25, -0.2) is 0 Å². The predicted molar refractivity (Wildman–Crippen MR) is 55.2 cm³/mol. The van der Waals surface area contributed by atoms with Crippen LogP contribution in [0.5, 0.6) is 0 Å². The van der Waals surface area contributed by atoms with Gasteiger partial charge >= 0.3 is 0 Å². The summed E-state index contributed by atoms with van der Waals surface area (Å²) in [5.74, 6) is 0.104. The fourth-order valence-corrected chi connectivity index (χ4v) is 1.35. The van der Waals surface area contributed by atoms with Crippen LogP contribution in [0.2, 0.25) is 0 Å². The lowest BCUT2D eigenvalue weighted by molar-refractivity contribution is -0.142. The Morgan fingerprint density at radius 1 is 1.50 bits per heavy atom. The van der Waals surface area contributed by atoms with Crippen LogP contribution in [0.3, 0.4) is 0 Å². The summed E-state index contributed by atoms with van der Waals surface area (Å²) in [7, 11) is 0. The third-order valence-electron chi connectivity index (χ3n) is 2.12. The van der Waals surface area contributed by atoms with Gasteiger partial charge in [-0.1, -0.05) is 0 Å². The van der Waals surface area contributed by atoms with E-state index in [0.717, 1.165) is 19.6 Å². The Balaban J connectivity index is 2.20. The van der Waals surface area contributed by atoms with Crippen LogP contribution in [0.1, 0.15) is 20.8 Å². The van der Waals surface area contributed by atoms with E-state index in [1.54, 1.807) is 0 Å². The van der Waals surface area contributed by atoms with Crippen molar-refractivity contribution in [1.82, 2.24) is 10.2 Å². The molecule has 0 unspecified atom stereocenters. The van der Waals surface area contributed by atoms with Gasteiger partial charge in [-0.2, -0.15) is 0 Å². The van der Waals surface area contributed by atoms with Gasteiger partial charge in [-0.15, -0.1) is 0 Å². The maximum atomic E-state index is 11.3. The summed E-state index contributed by atoms with van der Waals surface area (Å²) in [6.45, 7) is 9.62. The third-order valence-corrected chi connectivity index (χ3v) is 2.12. The highest BCUT2D eigenvalue weighted by Crippen LogP contribution is 2.00. The number of amides is 1. The molecule has 4 nitrogen and oxygen atoms in total. The topological polar surface area (TPSA) is 41.6 Å². The Hall–Kier alpha value is -0.610. The highest BCUT2D eigenvalue weighted by Gasteiger charge is 2.18. The van der Waals surface area contributed by atoms with E-state index >= 15 is 0 Å². The van der Waals surface area contributed by atoms with E-state index in [0.29, 0.717) is 6.61 Å². The van der Waals surface area contributed by atoms with E-state index < -0.39 is 0 Å². The molecule has 82 valence electrons. The first kappa shape index (κ1) is 11.5. The van der Waals surface area contributed by atoms with Crippen molar-refractivity contribution in [1.29, 1.82) is 0 Å². The van der Waals surface area contributed by atoms with Gasteiger partial charge in [-0.05, 0) is 20.8 Å². The molecule has 1 aliphatic heterocycles. The number of carbonyl (C=O) groups is 1. The molecule has 1 N–H and O–H groups in total. The molecule has 0 atom stereocenters. The average molecular weight is 200 g/mol. The Morgan fingerprint density at radius 3 is 2.79 bits per heavy atom. The normalized spacial score (nSPS) is 18.8. The third kappa shape index (κ3) is 4.07. The van der Waals surface area contributed by atoms with Crippen molar-refractivity contribution in [2.45, 2.75) is 26.3 Å². The molecule has 1 rings (SSSR count). The fourth-order valence-electron chi connectivity index (χ4n) is 1.35. The lowest BCUT2D eigenvalue weighted by Crippen LogP contribution is -2.47. The zero-order valence-corrected chi connectivity index (χ0v) is 9.30. The summed E-state index contributed by atoms with van der Waals surface area (Å²) in [6.07, 6.45) is 0. The standard InChI is InChI=1S/C10H20N2O2/c1-10(2,3)11-4-5-12-6-7-14-8-9(12)13/h11H,4-8H2,1-3H3. The van der Waals surface area contributed by atoms with Gasteiger partial charge in [0.25, 0.3) is 0 Å². The number of nitrogens with zero attached hydrogens (tertiary/aromatic N) is 1. The largest absolute Gasteiger partial charge is 0.370 e. The molecule has 1 aliphatic rings. The van der Waals surface area contributed by atoms with Gasteiger partial charge < -0.3 is 15.0 Å². The number of hydrogen-bond donors (Lipinski definition) is 1. The van der Waals surface area contributed by atoms with Crippen molar-refractivity contribution in [3.8, 4) is 0 Å². The zero-order chi connectivity index (χ0) is 10.6. The lowest BCUT2D eigenvalue weighted by Gasteiger charge is -2.28. The summed E-state index contributed by atoms with van der Waals surface area (Å²) >= 11 is 0. The second kappa shape index (κ2) is 4.75. The summed E-state index contributed by atoms with van der Waals surface area (Å²) in [5.41, 5.74) is 0.120. The minimum absolute atomic E-state index is 0.104. The number of carbonyl (C=O) groups excluding carboxylic acids is 1. The van der Waals surface area contributed by atoms with Crippen LogP contribution in [0.15, 0.2) is 0 Å². The molecular weight excluding hydrogens is 180 g/mol. The maximum absolute atomic E-state index is 11.3. The van der Waals surface area contributed by atoms with E-state index in [9.17, 15) is 4.79 Å². The quantitative estimate of drug-likeness (QED) is 0.709. The van der Waals surface area contributed by atoms with Gasteiger partial charge in [0.15, 0.2) is 0 Å². The predicted octanol–water partition coefficient (Wildman–Crippen LogP) is 0.233. The minimum atomic E-state index is 0.104. The van der Waals surface area contributed by atoms with Crippen molar-refractivity contribution in [2.24, 2.45) is 0 Å². The van der Waals surface area contributed by atoms with Crippen molar-refractivity contribution in [2.75, 3.05) is 32.8 Å². The maximum Gasteiger partial charge on any atom is 0.248 e. The molecule has 0 aromatic carbocycles. The number of hydrogen-bond acceptors (Lipinski definition) is 3. The van der Waals surface area contributed by atoms with Gasteiger partial charge in [0, 0.05) is 25.2 Å². The SMILES string of the molecule is CC(C)(C)NCCN1CCOCC1=O. The second-order valence-corrected chi connectivity index (χ2v) is 4.61. The number of nitrogens with one attached hydrogen (secondary N) is 1. The molecule has 4 heteroatoms. The molecule has 0 aromatic heterocycles. The highest BCUT2D eigenvalue weighted by atomic mass is 16.5. The second-order valence-electron chi connectivity index (χ2n) is 4.61. The Labute approximate surface area is 85.6 Å². The van der Waals surface area contributed by atoms with Crippen LogP contribution in [0, 0.1) is 0 Å². The van der Waals surface area contributed by atoms with Gasteiger partial charge in [0.2, 0.25) is 5.91 Å². The molecule has 0 saturated carbocycles. The Bertz CT molecular complexity index is 199. The number of morpholine rings is 1. The molecule has 0 aromatic rings. The van der Waals surface area contributed by atoms with E-state index in [4.69, 9.17) is 4.74 Å². The highest BCUT2D eigenvalue weighted by molar-refractivity contribution is 5.77. The fraction of sp³-hybridized carbons (Fsp3) is 0.900. The zero-order valence-electron chi connectivity index (χ0n) is 9.30. The number of rotatable bonds is 3. The van der Waals surface area contributed by atoms with Gasteiger partial charge in [0.1, 0.15) is 6.61 Å². The van der Waals surface area contributed by atoms with E-state index in [1.807, 2.05) is 4.90 Å². The molecule has 1 saturated heterocycles. The van der Waals surface area contributed by atoms with Crippen LogP contribution in [0.4, 0.5) is 0 Å². The van der Waals surface area contributed by atoms with Crippen LogP contribution in [-0.4, -0.2) is 49.2 Å². The molecule has 1 fully saturated rings. The molecule has 1 amide bonds. The summed E-state index contributed by atoms with van der Waals surface area (Å²) in [6, 6.07) is 0. The average Bonchev–Trinajstić information content (AvgIpc) is 2.06. The Morgan fingerprint density at radius 2 is 2.21 bits per heavy atom. The van der Waals surface area contributed by atoms with Crippen molar-refractivity contribution < 1.29 is 9.53 Å². The summed E-state index contributed by atoms with van der Waals surface area (Å²) in [4.78, 5) is 13.2. The first-order valence-electron chi connectivity index (χ1n) is 5.09.